The lowest BCUT2D eigenvalue weighted by Gasteiger charge is -2.32. The third-order valence-corrected chi connectivity index (χ3v) is 3.80. The molecule has 0 spiro atoms. The number of amides is 1. The minimum atomic E-state index is -0.583. The van der Waals surface area contributed by atoms with E-state index < -0.39 is 11.0 Å². The van der Waals surface area contributed by atoms with Crippen LogP contribution in [0.15, 0.2) is 24.3 Å². The molecule has 0 aliphatic carbocycles. The first-order valence-corrected chi connectivity index (χ1v) is 7.17. The maximum atomic E-state index is 12.3. The van der Waals surface area contributed by atoms with E-state index in [2.05, 4.69) is 6.92 Å². The van der Waals surface area contributed by atoms with E-state index in [0.717, 1.165) is 25.9 Å². The van der Waals surface area contributed by atoms with Gasteiger partial charge in [-0.2, -0.15) is 0 Å². The fourth-order valence-corrected chi connectivity index (χ4v) is 2.39. The Morgan fingerprint density at radius 3 is 2.43 bits per heavy atom. The van der Waals surface area contributed by atoms with Gasteiger partial charge in [-0.05, 0) is 37.8 Å². The van der Waals surface area contributed by atoms with Crippen LogP contribution in [0.2, 0.25) is 0 Å². The van der Waals surface area contributed by atoms with Crippen molar-refractivity contribution in [1.29, 1.82) is 0 Å². The Morgan fingerprint density at radius 2 is 1.90 bits per heavy atom. The standard InChI is InChI=1S/C15H20N2O4/c1-11-7-9-16(10-8-11)15(18)12(2)21-14-5-3-13(4-6-14)17(19)20/h3-6,11-12H,7-10H2,1-2H3. The maximum Gasteiger partial charge on any atom is 0.269 e. The Kier molecular flexibility index (Phi) is 4.77. The van der Waals surface area contributed by atoms with Crippen molar-refractivity contribution >= 4 is 11.6 Å². The van der Waals surface area contributed by atoms with Crippen LogP contribution >= 0.6 is 0 Å². The summed E-state index contributed by atoms with van der Waals surface area (Å²) in [4.78, 5) is 24.2. The van der Waals surface area contributed by atoms with E-state index in [1.807, 2.05) is 4.90 Å². The van der Waals surface area contributed by atoms with E-state index in [9.17, 15) is 14.9 Å². The van der Waals surface area contributed by atoms with Gasteiger partial charge in [0.1, 0.15) is 5.75 Å². The molecule has 6 heteroatoms. The highest BCUT2D eigenvalue weighted by Crippen LogP contribution is 2.20. The Balaban J connectivity index is 1.92. The Morgan fingerprint density at radius 1 is 1.33 bits per heavy atom. The minimum Gasteiger partial charge on any atom is -0.481 e. The van der Waals surface area contributed by atoms with E-state index in [1.165, 1.54) is 24.3 Å². The van der Waals surface area contributed by atoms with Crippen LogP contribution < -0.4 is 4.74 Å². The van der Waals surface area contributed by atoms with Crippen LogP contribution in [0.25, 0.3) is 0 Å². The number of piperidine rings is 1. The average molecular weight is 292 g/mol. The first-order valence-electron chi connectivity index (χ1n) is 7.17. The van der Waals surface area contributed by atoms with Gasteiger partial charge >= 0.3 is 0 Å². The van der Waals surface area contributed by atoms with Gasteiger partial charge in [-0.1, -0.05) is 6.92 Å². The lowest BCUT2D eigenvalue weighted by molar-refractivity contribution is -0.384. The van der Waals surface area contributed by atoms with E-state index in [4.69, 9.17) is 4.74 Å². The molecule has 1 aromatic carbocycles. The van der Waals surface area contributed by atoms with Crippen molar-refractivity contribution in [2.24, 2.45) is 5.92 Å². The van der Waals surface area contributed by atoms with Crippen LogP contribution in [0.1, 0.15) is 26.7 Å². The highest BCUT2D eigenvalue weighted by Gasteiger charge is 2.25. The second-order valence-corrected chi connectivity index (χ2v) is 5.52. The molecule has 1 aromatic rings. The Labute approximate surface area is 123 Å². The van der Waals surface area contributed by atoms with Crippen molar-refractivity contribution in [2.75, 3.05) is 13.1 Å². The second-order valence-electron chi connectivity index (χ2n) is 5.52. The highest BCUT2D eigenvalue weighted by atomic mass is 16.6. The highest BCUT2D eigenvalue weighted by molar-refractivity contribution is 5.81. The van der Waals surface area contributed by atoms with Crippen LogP contribution in [-0.2, 0) is 4.79 Å². The first-order chi connectivity index (χ1) is 9.97. The van der Waals surface area contributed by atoms with E-state index in [-0.39, 0.29) is 11.6 Å². The van der Waals surface area contributed by atoms with Crippen molar-refractivity contribution in [2.45, 2.75) is 32.8 Å². The van der Waals surface area contributed by atoms with E-state index in [1.54, 1.807) is 6.92 Å². The van der Waals surface area contributed by atoms with Gasteiger partial charge in [0.05, 0.1) is 4.92 Å². The summed E-state index contributed by atoms with van der Waals surface area (Å²) in [5.41, 5.74) is 0.00588. The molecule has 114 valence electrons. The predicted octanol–water partition coefficient (Wildman–Crippen LogP) is 2.62. The van der Waals surface area contributed by atoms with Crippen molar-refractivity contribution in [1.82, 2.24) is 4.90 Å². The zero-order valence-electron chi connectivity index (χ0n) is 12.3. The summed E-state index contributed by atoms with van der Waals surface area (Å²) in [7, 11) is 0. The molecule has 21 heavy (non-hydrogen) atoms. The second kappa shape index (κ2) is 6.56. The van der Waals surface area contributed by atoms with Gasteiger partial charge < -0.3 is 9.64 Å². The molecule has 0 N–H and O–H groups in total. The molecule has 1 heterocycles. The zero-order valence-corrected chi connectivity index (χ0v) is 12.3. The van der Waals surface area contributed by atoms with Gasteiger partial charge in [0.2, 0.25) is 0 Å². The Hall–Kier alpha value is -2.11. The van der Waals surface area contributed by atoms with Gasteiger partial charge in [0.25, 0.3) is 11.6 Å². The number of hydrogen-bond acceptors (Lipinski definition) is 4. The van der Waals surface area contributed by atoms with Gasteiger partial charge in [-0.15, -0.1) is 0 Å². The molecule has 2 rings (SSSR count). The number of rotatable bonds is 4. The monoisotopic (exact) mass is 292 g/mol. The van der Waals surface area contributed by atoms with Crippen molar-refractivity contribution < 1.29 is 14.5 Å². The lowest BCUT2D eigenvalue weighted by Crippen LogP contribution is -2.44. The molecule has 0 aromatic heterocycles. The predicted molar refractivity (Wildman–Crippen MR) is 78.2 cm³/mol. The number of ether oxygens (including phenoxy) is 1. The number of hydrogen-bond donors (Lipinski definition) is 0. The lowest BCUT2D eigenvalue weighted by atomic mass is 9.99. The summed E-state index contributed by atoms with van der Waals surface area (Å²) < 4.78 is 5.58. The smallest absolute Gasteiger partial charge is 0.269 e. The number of likely N-dealkylation sites (tertiary alicyclic amines) is 1. The summed E-state index contributed by atoms with van der Waals surface area (Å²) in [6.07, 6.45) is 1.46. The average Bonchev–Trinajstić information content (AvgIpc) is 2.47. The number of carbonyl (C=O) groups is 1. The third kappa shape index (κ3) is 3.93. The van der Waals surface area contributed by atoms with Gasteiger partial charge in [-0.3, -0.25) is 14.9 Å². The van der Waals surface area contributed by atoms with E-state index in [0.29, 0.717) is 11.7 Å². The molecule has 1 aliphatic heterocycles. The van der Waals surface area contributed by atoms with Crippen molar-refractivity contribution in [3.63, 3.8) is 0 Å². The summed E-state index contributed by atoms with van der Waals surface area (Å²) in [5.74, 6) is 1.10. The molecular formula is C15H20N2O4. The van der Waals surface area contributed by atoms with E-state index >= 15 is 0 Å². The summed E-state index contributed by atoms with van der Waals surface area (Å²) in [5, 5.41) is 10.6. The largest absolute Gasteiger partial charge is 0.481 e. The molecule has 1 saturated heterocycles. The number of nitro groups is 1. The molecular weight excluding hydrogens is 272 g/mol. The first kappa shape index (κ1) is 15.3. The maximum absolute atomic E-state index is 12.3. The molecule has 0 saturated carbocycles. The number of nitro benzene ring substituents is 1. The van der Waals surface area contributed by atoms with Crippen LogP contribution in [-0.4, -0.2) is 34.9 Å². The summed E-state index contributed by atoms with van der Waals surface area (Å²) in [6.45, 7) is 5.45. The summed E-state index contributed by atoms with van der Waals surface area (Å²) in [6, 6.07) is 5.77. The number of benzene rings is 1. The molecule has 6 nitrogen and oxygen atoms in total. The molecule has 0 bridgehead atoms. The van der Waals surface area contributed by atoms with Crippen LogP contribution in [0.4, 0.5) is 5.69 Å². The number of non-ortho nitro benzene ring substituents is 1. The fraction of sp³-hybridized carbons (Fsp3) is 0.533. The minimum absolute atomic E-state index is 0.00588. The Bertz CT molecular complexity index is 507. The molecule has 1 atom stereocenters. The molecule has 1 unspecified atom stereocenters. The fourth-order valence-electron chi connectivity index (χ4n) is 2.39. The summed E-state index contributed by atoms with van der Waals surface area (Å²) >= 11 is 0. The number of nitrogens with zero attached hydrogens (tertiary/aromatic N) is 2. The van der Waals surface area contributed by atoms with Crippen LogP contribution in [0.5, 0.6) is 5.75 Å². The third-order valence-electron chi connectivity index (χ3n) is 3.80. The van der Waals surface area contributed by atoms with Crippen LogP contribution in [0, 0.1) is 16.0 Å². The molecule has 0 radical (unpaired) electrons. The van der Waals surface area contributed by atoms with Crippen molar-refractivity contribution in [3.8, 4) is 5.75 Å². The van der Waals surface area contributed by atoms with Gasteiger partial charge in [0.15, 0.2) is 6.10 Å². The number of carbonyl (C=O) groups excluding carboxylic acids is 1. The normalized spacial score (nSPS) is 17.3. The molecule has 1 fully saturated rings. The molecule has 1 amide bonds. The topological polar surface area (TPSA) is 72.7 Å². The van der Waals surface area contributed by atoms with Gasteiger partial charge in [0, 0.05) is 25.2 Å². The quantitative estimate of drug-likeness (QED) is 0.631. The molecule has 1 aliphatic rings. The SMILES string of the molecule is CC1CCN(C(=O)C(C)Oc2ccc([N+](=O)[O-])cc2)CC1. The van der Waals surface area contributed by atoms with Crippen LogP contribution in [0.3, 0.4) is 0 Å². The zero-order chi connectivity index (χ0) is 15.4. The van der Waals surface area contributed by atoms with Gasteiger partial charge in [-0.25, -0.2) is 0 Å². The van der Waals surface area contributed by atoms with Crippen molar-refractivity contribution in [3.05, 3.63) is 34.4 Å².